The highest BCUT2D eigenvalue weighted by atomic mass is 16.3. The predicted molar refractivity (Wildman–Crippen MR) is 50.9 cm³/mol. The molecule has 2 nitrogen and oxygen atoms in total. The number of aliphatic hydroxyl groups excluding tert-OH is 2. The number of rotatable bonds is 7. The first kappa shape index (κ1) is 11.4. The highest BCUT2D eigenvalue weighted by Gasteiger charge is 1.98. The van der Waals surface area contributed by atoms with Crippen LogP contribution in [0.2, 0.25) is 0 Å². The maximum Gasteiger partial charge on any atom is 0.0771 e. The Morgan fingerprint density at radius 2 is 2.08 bits per heavy atom. The van der Waals surface area contributed by atoms with Crippen molar-refractivity contribution in [2.24, 2.45) is 0 Å². The van der Waals surface area contributed by atoms with Crippen LogP contribution >= 0.6 is 0 Å². The minimum absolute atomic E-state index is 0.129. The highest BCUT2D eigenvalue weighted by Crippen LogP contribution is 2.01. The first-order valence-electron chi connectivity index (χ1n) is 4.36. The molecule has 0 aliphatic rings. The van der Waals surface area contributed by atoms with Crippen molar-refractivity contribution in [1.29, 1.82) is 0 Å². The summed E-state index contributed by atoms with van der Waals surface area (Å²) in [5.74, 6) is 0. The minimum atomic E-state index is -0.544. The molecular formula is C10H18O2. The Bertz CT molecular complexity index is 130. The van der Waals surface area contributed by atoms with Crippen LogP contribution in [0.3, 0.4) is 0 Å². The Labute approximate surface area is 74.2 Å². The molecule has 0 saturated heterocycles. The largest absolute Gasteiger partial charge is 0.394 e. The predicted octanol–water partition coefficient (Wildman–Crippen LogP) is 1.64. The van der Waals surface area contributed by atoms with Crippen LogP contribution in [0.1, 0.15) is 25.7 Å². The zero-order chi connectivity index (χ0) is 9.23. The van der Waals surface area contributed by atoms with Crippen LogP contribution in [0, 0.1) is 0 Å². The van der Waals surface area contributed by atoms with E-state index in [1.54, 1.807) is 0 Å². The molecule has 0 fully saturated rings. The first-order chi connectivity index (χ1) is 5.81. The molecule has 0 aromatic carbocycles. The summed E-state index contributed by atoms with van der Waals surface area (Å²) >= 11 is 0. The van der Waals surface area contributed by atoms with Crippen molar-refractivity contribution in [2.75, 3.05) is 6.61 Å². The lowest BCUT2D eigenvalue weighted by atomic mass is 10.1. The van der Waals surface area contributed by atoms with E-state index in [0.717, 1.165) is 19.3 Å². The van der Waals surface area contributed by atoms with E-state index in [1.807, 2.05) is 6.08 Å². The van der Waals surface area contributed by atoms with Gasteiger partial charge in [0, 0.05) is 0 Å². The lowest BCUT2D eigenvalue weighted by Crippen LogP contribution is -2.10. The summed E-state index contributed by atoms with van der Waals surface area (Å²) in [6.07, 6.45) is 8.90. The SMILES string of the molecule is C=CCC=CCCCC(O)CO. The van der Waals surface area contributed by atoms with Crippen LogP contribution in [0.4, 0.5) is 0 Å². The normalized spacial score (nSPS) is 13.5. The monoisotopic (exact) mass is 170 g/mol. The zero-order valence-corrected chi connectivity index (χ0v) is 7.45. The third-order valence-electron chi connectivity index (χ3n) is 1.59. The molecule has 0 amide bonds. The summed E-state index contributed by atoms with van der Waals surface area (Å²) in [5, 5.41) is 17.5. The van der Waals surface area contributed by atoms with Crippen molar-refractivity contribution in [3.05, 3.63) is 24.8 Å². The van der Waals surface area contributed by atoms with Crippen molar-refractivity contribution in [3.63, 3.8) is 0 Å². The van der Waals surface area contributed by atoms with E-state index in [2.05, 4.69) is 18.7 Å². The van der Waals surface area contributed by atoms with E-state index in [1.165, 1.54) is 0 Å². The molecule has 0 spiro atoms. The van der Waals surface area contributed by atoms with Gasteiger partial charge in [0.2, 0.25) is 0 Å². The molecule has 0 aromatic heterocycles. The van der Waals surface area contributed by atoms with E-state index in [9.17, 15) is 0 Å². The molecule has 0 aliphatic heterocycles. The Morgan fingerprint density at radius 1 is 1.33 bits per heavy atom. The van der Waals surface area contributed by atoms with Crippen molar-refractivity contribution in [1.82, 2.24) is 0 Å². The van der Waals surface area contributed by atoms with Gasteiger partial charge in [-0.15, -0.1) is 6.58 Å². The van der Waals surface area contributed by atoms with E-state index in [0.29, 0.717) is 6.42 Å². The number of allylic oxidation sites excluding steroid dienone is 3. The molecule has 1 atom stereocenters. The smallest absolute Gasteiger partial charge is 0.0771 e. The van der Waals surface area contributed by atoms with Gasteiger partial charge >= 0.3 is 0 Å². The lowest BCUT2D eigenvalue weighted by molar-refractivity contribution is 0.0868. The first-order valence-corrected chi connectivity index (χ1v) is 4.36. The van der Waals surface area contributed by atoms with Crippen LogP contribution in [0.5, 0.6) is 0 Å². The second-order valence-corrected chi connectivity index (χ2v) is 2.76. The van der Waals surface area contributed by atoms with Crippen molar-refractivity contribution >= 4 is 0 Å². The second kappa shape index (κ2) is 8.50. The average Bonchev–Trinajstić information content (AvgIpc) is 2.10. The van der Waals surface area contributed by atoms with Crippen LogP contribution in [0.25, 0.3) is 0 Å². The standard InChI is InChI=1S/C10H18O2/c1-2-3-4-5-6-7-8-10(12)9-11/h2,4-5,10-12H,1,3,6-9H2. The summed E-state index contributed by atoms with van der Waals surface area (Å²) in [6, 6.07) is 0. The van der Waals surface area contributed by atoms with Gasteiger partial charge in [-0.3, -0.25) is 0 Å². The topological polar surface area (TPSA) is 40.5 Å². The van der Waals surface area contributed by atoms with Gasteiger partial charge in [0.1, 0.15) is 0 Å². The molecule has 0 radical (unpaired) electrons. The van der Waals surface area contributed by atoms with E-state index >= 15 is 0 Å². The third-order valence-corrected chi connectivity index (χ3v) is 1.59. The lowest BCUT2D eigenvalue weighted by Gasteiger charge is -2.03. The maximum absolute atomic E-state index is 8.97. The summed E-state index contributed by atoms with van der Waals surface area (Å²) in [7, 11) is 0. The molecule has 70 valence electrons. The molecule has 1 unspecified atom stereocenters. The summed E-state index contributed by atoms with van der Waals surface area (Å²) < 4.78 is 0. The maximum atomic E-state index is 8.97. The van der Waals surface area contributed by atoms with E-state index in [4.69, 9.17) is 10.2 Å². The van der Waals surface area contributed by atoms with Gasteiger partial charge in [-0.2, -0.15) is 0 Å². The van der Waals surface area contributed by atoms with Crippen molar-refractivity contribution < 1.29 is 10.2 Å². The van der Waals surface area contributed by atoms with Crippen molar-refractivity contribution in [3.8, 4) is 0 Å². The molecular weight excluding hydrogens is 152 g/mol. The Morgan fingerprint density at radius 3 is 2.67 bits per heavy atom. The fourth-order valence-corrected chi connectivity index (χ4v) is 0.873. The van der Waals surface area contributed by atoms with Crippen LogP contribution in [0.15, 0.2) is 24.8 Å². The van der Waals surface area contributed by atoms with Crippen LogP contribution in [-0.2, 0) is 0 Å². The second-order valence-electron chi connectivity index (χ2n) is 2.76. The van der Waals surface area contributed by atoms with Gasteiger partial charge in [-0.1, -0.05) is 18.2 Å². The Balaban J connectivity index is 3.14. The van der Waals surface area contributed by atoms with Gasteiger partial charge in [0.25, 0.3) is 0 Å². The number of hydrogen-bond donors (Lipinski definition) is 2. The highest BCUT2D eigenvalue weighted by molar-refractivity contribution is 4.88. The van der Waals surface area contributed by atoms with Crippen LogP contribution in [-0.4, -0.2) is 22.9 Å². The molecule has 2 N–H and O–H groups in total. The van der Waals surface area contributed by atoms with E-state index < -0.39 is 6.10 Å². The number of hydrogen-bond acceptors (Lipinski definition) is 2. The Kier molecular flexibility index (Phi) is 8.07. The molecule has 0 bridgehead atoms. The van der Waals surface area contributed by atoms with Gasteiger partial charge in [-0.25, -0.2) is 0 Å². The molecule has 0 aromatic rings. The van der Waals surface area contributed by atoms with Gasteiger partial charge in [0.15, 0.2) is 0 Å². The number of aliphatic hydroxyl groups is 2. The quantitative estimate of drug-likeness (QED) is 0.450. The fraction of sp³-hybridized carbons (Fsp3) is 0.600. The number of unbranched alkanes of at least 4 members (excludes halogenated alkanes) is 1. The fourth-order valence-electron chi connectivity index (χ4n) is 0.873. The van der Waals surface area contributed by atoms with Gasteiger partial charge in [0.05, 0.1) is 12.7 Å². The van der Waals surface area contributed by atoms with E-state index in [-0.39, 0.29) is 6.61 Å². The van der Waals surface area contributed by atoms with Crippen LogP contribution < -0.4 is 0 Å². The molecule has 2 heteroatoms. The molecule has 0 heterocycles. The van der Waals surface area contributed by atoms with Gasteiger partial charge in [-0.05, 0) is 25.7 Å². The molecule has 0 aliphatic carbocycles. The zero-order valence-electron chi connectivity index (χ0n) is 7.45. The summed E-state index contributed by atoms with van der Waals surface area (Å²) in [4.78, 5) is 0. The van der Waals surface area contributed by atoms with Crippen molar-refractivity contribution in [2.45, 2.75) is 31.8 Å². The molecule has 12 heavy (non-hydrogen) atoms. The van der Waals surface area contributed by atoms with Gasteiger partial charge < -0.3 is 10.2 Å². The summed E-state index contributed by atoms with van der Waals surface area (Å²) in [6.45, 7) is 3.47. The molecule has 0 rings (SSSR count). The third kappa shape index (κ3) is 7.51. The average molecular weight is 170 g/mol. The Hall–Kier alpha value is -0.600. The summed E-state index contributed by atoms with van der Waals surface area (Å²) in [5.41, 5.74) is 0. The minimum Gasteiger partial charge on any atom is -0.394 e. The molecule has 0 saturated carbocycles.